The fraction of sp³-hybridized carbons (Fsp3) is 0.286. The second kappa shape index (κ2) is 10.4. The summed E-state index contributed by atoms with van der Waals surface area (Å²) in [5, 5.41) is 11.3. The first-order valence-electron chi connectivity index (χ1n) is 9.46. The molecule has 0 unspecified atom stereocenters. The third kappa shape index (κ3) is 5.29. The lowest BCUT2D eigenvalue weighted by Gasteiger charge is -2.11. The van der Waals surface area contributed by atoms with Crippen molar-refractivity contribution in [3.63, 3.8) is 0 Å². The largest absolute Gasteiger partial charge is 0.399 e. The van der Waals surface area contributed by atoms with Gasteiger partial charge in [0.1, 0.15) is 11.6 Å². The minimum atomic E-state index is -0.379. The third-order valence-electron chi connectivity index (χ3n) is 4.94. The lowest BCUT2D eigenvalue weighted by Crippen LogP contribution is -2.14. The van der Waals surface area contributed by atoms with Gasteiger partial charge >= 0.3 is 0 Å². The molecule has 1 aliphatic rings. The number of carbonyl (C=O) groups excluding carboxylic acids is 1. The van der Waals surface area contributed by atoms with Gasteiger partial charge in [-0.15, -0.1) is 35.0 Å². The Morgan fingerprint density at radius 3 is 2.60 bits per heavy atom. The first kappa shape index (κ1) is 23.6. The molecule has 1 amide bonds. The SMILES string of the molecule is Cl.Cl.Nc1ccc(CC(=O)Nc2ccc(F)c(-c3nnc4n3CCCCC4)c2)cc1. The van der Waals surface area contributed by atoms with Gasteiger partial charge < -0.3 is 15.6 Å². The van der Waals surface area contributed by atoms with Crippen molar-refractivity contribution >= 4 is 42.1 Å². The predicted molar refractivity (Wildman–Crippen MR) is 121 cm³/mol. The van der Waals surface area contributed by atoms with Crippen LogP contribution in [0.5, 0.6) is 0 Å². The van der Waals surface area contributed by atoms with Gasteiger partial charge in [0.05, 0.1) is 12.0 Å². The second-order valence-corrected chi connectivity index (χ2v) is 7.06. The van der Waals surface area contributed by atoms with Gasteiger partial charge in [0.2, 0.25) is 5.91 Å². The van der Waals surface area contributed by atoms with Gasteiger partial charge in [-0.1, -0.05) is 18.6 Å². The Labute approximate surface area is 186 Å². The molecule has 0 bridgehead atoms. The van der Waals surface area contributed by atoms with Gasteiger partial charge in [0.25, 0.3) is 0 Å². The van der Waals surface area contributed by atoms with Crippen LogP contribution in [0, 0.1) is 5.82 Å². The zero-order chi connectivity index (χ0) is 19.5. The molecule has 0 saturated carbocycles. The highest BCUT2D eigenvalue weighted by Gasteiger charge is 2.19. The molecule has 9 heteroatoms. The molecule has 0 fully saturated rings. The van der Waals surface area contributed by atoms with Crippen molar-refractivity contribution in [2.75, 3.05) is 11.1 Å². The molecule has 3 N–H and O–H groups in total. The van der Waals surface area contributed by atoms with Gasteiger partial charge in [-0.25, -0.2) is 4.39 Å². The predicted octanol–water partition coefficient (Wildman–Crippen LogP) is 4.42. The highest BCUT2D eigenvalue weighted by Crippen LogP contribution is 2.27. The number of anilines is 2. The third-order valence-corrected chi connectivity index (χ3v) is 4.94. The molecule has 160 valence electrons. The van der Waals surface area contributed by atoms with E-state index in [2.05, 4.69) is 15.5 Å². The zero-order valence-corrected chi connectivity index (χ0v) is 17.9. The highest BCUT2D eigenvalue weighted by molar-refractivity contribution is 5.92. The molecule has 0 saturated heterocycles. The molecule has 0 spiro atoms. The Morgan fingerprint density at radius 2 is 1.83 bits per heavy atom. The number of aromatic nitrogens is 3. The van der Waals surface area contributed by atoms with Crippen LogP contribution in [0.25, 0.3) is 11.4 Å². The van der Waals surface area contributed by atoms with Gasteiger partial charge in [-0.3, -0.25) is 4.79 Å². The average Bonchev–Trinajstić information content (AvgIpc) is 2.93. The molecular weight excluding hydrogens is 428 g/mol. The Kier molecular flexibility index (Phi) is 8.20. The number of carbonyl (C=O) groups is 1. The average molecular weight is 452 g/mol. The fourth-order valence-electron chi connectivity index (χ4n) is 3.48. The number of halogens is 3. The van der Waals surface area contributed by atoms with Crippen LogP contribution < -0.4 is 11.1 Å². The molecule has 30 heavy (non-hydrogen) atoms. The number of nitrogens with one attached hydrogen (secondary N) is 1. The highest BCUT2D eigenvalue weighted by atomic mass is 35.5. The quantitative estimate of drug-likeness (QED) is 0.574. The Balaban J connectivity index is 0.00000160. The number of hydrogen-bond donors (Lipinski definition) is 2. The zero-order valence-electron chi connectivity index (χ0n) is 16.3. The molecule has 0 radical (unpaired) electrons. The summed E-state index contributed by atoms with van der Waals surface area (Å²) >= 11 is 0. The van der Waals surface area contributed by atoms with Crippen LogP contribution in [0.2, 0.25) is 0 Å². The van der Waals surface area contributed by atoms with E-state index in [0.29, 0.717) is 22.8 Å². The Hall–Kier alpha value is -2.64. The summed E-state index contributed by atoms with van der Waals surface area (Å²) in [4.78, 5) is 12.4. The van der Waals surface area contributed by atoms with E-state index in [4.69, 9.17) is 5.73 Å². The number of hydrogen-bond acceptors (Lipinski definition) is 4. The van der Waals surface area contributed by atoms with Crippen LogP contribution in [-0.4, -0.2) is 20.7 Å². The molecule has 2 heterocycles. The summed E-state index contributed by atoms with van der Waals surface area (Å²) in [6.45, 7) is 0.783. The molecular formula is C21H24Cl2FN5O. The summed E-state index contributed by atoms with van der Waals surface area (Å²) in [7, 11) is 0. The minimum Gasteiger partial charge on any atom is -0.399 e. The first-order valence-corrected chi connectivity index (χ1v) is 9.46. The number of nitrogens with two attached hydrogens (primary N) is 1. The standard InChI is InChI=1S/C21H22FN5O.2ClH/c22-18-10-9-16(24-20(28)12-14-5-7-15(23)8-6-14)13-17(18)21-26-25-19-4-2-1-3-11-27(19)21;;/h5-10,13H,1-4,11-12,23H2,(H,24,28);2*1H. The van der Waals surface area contributed by atoms with E-state index in [1.807, 2.05) is 16.7 Å². The number of rotatable bonds is 4. The molecule has 6 nitrogen and oxygen atoms in total. The minimum absolute atomic E-state index is 0. The number of amides is 1. The van der Waals surface area contributed by atoms with Crippen LogP contribution in [0.4, 0.5) is 15.8 Å². The van der Waals surface area contributed by atoms with Crippen molar-refractivity contribution in [1.82, 2.24) is 14.8 Å². The normalized spacial score (nSPS) is 12.7. The Morgan fingerprint density at radius 1 is 1.07 bits per heavy atom. The molecule has 4 rings (SSSR count). The topological polar surface area (TPSA) is 85.8 Å². The van der Waals surface area contributed by atoms with E-state index < -0.39 is 0 Å². The number of nitrogen functional groups attached to an aromatic ring is 1. The summed E-state index contributed by atoms with van der Waals surface area (Å²) in [6, 6.07) is 11.7. The Bertz CT molecular complexity index is 1010. The van der Waals surface area contributed by atoms with Crippen molar-refractivity contribution in [3.8, 4) is 11.4 Å². The van der Waals surface area contributed by atoms with Crippen LogP contribution in [0.3, 0.4) is 0 Å². The lowest BCUT2D eigenvalue weighted by molar-refractivity contribution is -0.115. The van der Waals surface area contributed by atoms with E-state index in [1.165, 1.54) is 6.07 Å². The monoisotopic (exact) mass is 451 g/mol. The van der Waals surface area contributed by atoms with Gasteiger partial charge in [0.15, 0.2) is 5.82 Å². The molecule has 1 aliphatic heterocycles. The lowest BCUT2D eigenvalue weighted by atomic mass is 10.1. The number of nitrogens with zero attached hydrogens (tertiary/aromatic N) is 3. The maximum absolute atomic E-state index is 14.5. The first-order chi connectivity index (χ1) is 13.6. The summed E-state index contributed by atoms with van der Waals surface area (Å²) in [5.74, 6) is 0.854. The van der Waals surface area contributed by atoms with Gasteiger partial charge in [-0.2, -0.15) is 0 Å². The van der Waals surface area contributed by atoms with Crippen LogP contribution in [-0.2, 0) is 24.2 Å². The number of benzene rings is 2. The molecule has 1 aromatic heterocycles. The molecule has 0 aliphatic carbocycles. The van der Waals surface area contributed by atoms with Crippen molar-refractivity contribution in [3.05, 3.63) is 59.7 Å². The number of fused-ring (bicyclic) bond motifs is 1. The van der Waals surface area contributed by atoms with Crippen LogP contribution in [0.15, 0.2) is 42.5 Å². The second-order valence-electron chi connectivity index (χ2n) is 7.06. The van der Waals surface area contributed by atoms with Crippen molar-refractivity contribution in [2.45, 2.75) is 38.6 Å². The summed E-state index contributed by atoms with van der Waals surface area (Å²) in [5.41, 5.74) is 8.06. The van der Waals surface area contributed by atoms with Crippen LogP contribution >= 0.6 is 24.8 Å². The van der Waals surface area contributed by atoms with Crippen molar-refractivity contribution < 1.29 is 9.18 Å². The van der Waals surface area contributed by atoms with E-state index >= 15 is 0 Å². The van der Waals surface area contributed by atoms with Gasteiger partial charge in [-0.05, 0) is 48.7 Å². The van der Waals surface area contributed by atoms with E-state index in [1.54, 1.807) is 24.3 Å². The number of aryl methyl sites for hydroxylation is 1. The maximum Gasteiger partial charge on any atom is 0.228 e. The van der Waals surface area contributed by atoms with E-state index in [9.17, 15) is 9.18 Å². The smallest absolute Gasteiger partial charge is 0.228 e. The molecule has 0 atom stereocenters. The fourth-order valence-corrected chi connectivity index (χ4v) is 3.48. The molecule has 3 aromatic rings. The maximum atomic E-state index is 14.5. The van der Waals surface area contributed by atoms with Crippen molar-refractivity contribution in [2.24, 2.45) is 0 Å². The van der Waals surface area contributed by atoms with E-state index in [-0.39, 0.29) is 43.0 Å². The molecule has 2 aromatic carbocycles. The van der Waals surface area contributed by atoms with Crippen molar-refractivity contribution in [1.29, 1.82) is 0 Å². The van der Waals surface area contributed by atoms with E-state index in [0.717, 1.165) is 43.6 Å². The van der Waals surface area contributed by atoms with Gasteiger partial charge in [0, 0.05) is 24.3 Å². The summed E-state index contributed by atoms with van der Waals surface area (Å²) in [6.07, 6.45) is 4.30. The summed E-state index contributed by atoms with van der Waals surface area (Å²) < 4.78 is 16.5. The van der Waals surface area contributed by atoms with Crippen LogP contribution in [0.1, 0.15) is 30.7 Å².